The van der Waals surface area contributed by atoms with Gasteiger partial charge in [0.05, 0.1) is 6.10 Å². The number of rotatable bonds is 5. The number of hydrogen-bond acceptors (Lipinski definition) is 3. The van der Waals surface area contributed by atoms with Gasteiger partial charge < -0.3 is 15.0 Å². The summed E-state index contributed by atoms with van der Waals surface area (Å²) in [7, 11) is 2.20. The van der Waals surface area contributed by atoms with Crippen LogP contribution in [0.1, 0.15) is 45.7 Å². The third kappa shape index (κ3) is 3.74. The maximum absolute atomic E-state index is 5.92. The van der Waals surface area contributed by atoms with E-state index in [1.165, 1.54) is 12.0 Å². The second-order valence-electron chi connectivity index (χ2n) is 6.31. The lowest BCUT2D eigenvalue weighted by Gasteiger charge is -2.23. The molecule has 3 nitrogen and oxygen atoms in total. The van der Waals surface area contributed by atoms with Crippen LogP contribution >= 0.6 is 0 Å². The van der Waals surface area contributed by atoms with E-state index < -0.39 is 0 Å². The summed E-state index contributed by atoms with van der Waals surface area (Å²) in [4.78, 5) is 2.42. The van der Waals surface area contributed by atoms with Gasteiger partial charge in [-0.2, -0.15) is 0 Å². The molecule has 0 aromatic heterocycles. The molecule has 1 N–H and O–H groups in total. The molecule has 1 aromatic carbocycles. The smallest absolute Gasteiger partial charge is 0.124 e. The molecule has 0 bridgehead atoms. The lowest BCUT2D eigenvalue weighted by molar-refractivity contribution is 0.237. The molecule has 1 aromatic rings. The lowest BCUT2D eigenvalue weighted by atomic mass is 10.1. The maximum Gasteiger partial charge on any atom is 0.124 e. The van der Waals surface area contributed by atoms with Crippen LogP contribution < -0.4 is 10.1 Å². The van der Waals surface area contributed by atoms with E-state index in [0.29, 0.717) is 18.1 Å². The zero-order valence-corrected chi connectivity index (χ0v) is 13.4. The standard InChI is InChI=1S/C17H28N2O/c1-12(2)20-17-9-7-6-8-16(17)14(4)18-15-10-13(3)19(5)11-15/h6-9,12-15,18H,10-11H2,1-5H3. The number of hydrogen-bond donors (Lipinski definition) is 1. The highest BCUT2D eigenvalue weighted by Gasteiger charge is 2.27. The minimum absolute atomic E-state index is 0.209. The van der Waals surface area contributed by atoms with Crippen LogP contribution in [0.15, 0.2) is 24.3 Å². The van der Waals surface area contributed by atoms with Crippen molar-refractivity contribution >= 4 is 0 Å². The molecule has 1 aliphatic rings. The van der Waals surface area contributed by atoms with Gasteiger partial charge in [-0.1, -0.05) is 18.2 Å². The first-order valence-corrected chi connectivity index (χ1v) is 7.69. The van der Waals surface area contributed by atoms with E-state index in [1.807, 2.05) is 6.07 Å². The van der Waals surface area contributed by atoms with Gasteiger partial charge in [-0.05, 0) is 47.2 Å². The van der Waals surface area contributed by atoms with Crippen LogP contribution in [0.4, 0.5) is 0 Å². The molecule has 2 rings (SSSR count). The van der Waals surface area contributed by atoms with Crippen LogP contribution in [0, 0.1) is 0 Å². The molecule has 20 heavy (non-hydrogen) atoms. The van der Waals surface area contributed by atoms with Gasteiger partial charge in [0.2, 0.25) is 0 Å². The van der Waals surface area contributed by atoms with Crippen molar-refractivity contribution in [1.29, 1.82) is 0 Å². The number of nitrogens with one attached hydrogen (secondary N) is 1. The monoisotopic (exact) mass is 276 g/mol. The molecule has 0 saturated carbocycles. The van der Waals surface area contributed by atoms with Crippen molar-refractivity contribution in [2.75, 3.05) is 13.6 Å². The average Bonchev–Trinajstić information content (AvgIpc) is 2.68. The number of nitrogens with zero attached hydrogens (tertiary/aromatic N) is 1. The Morgan fingerprint density at radius 2 is 1.95 bits per heavy atom. The Kier molecular flexibility index (Phi) is 5.06. The first-order chi connectivity index (χ1) is 9.47. The van der Waals surface area contributed by atoms with E-state index in [0.717, 1.165) is 12.3 Å². The summed E-state index contributed by atoms with van der Waals surface area (Å²) in [5.74, 6) is 1.00. The first kappa shape index (κ1) is 15.3. The molecule has 0 amide bonds. The molecule has 1 fully saturated rings. The summed E-state index contributed by atoms with van der Waals surface area (Å²) in [5, 5.41) is 3.75. The van der Waals surface area contributed by atoms with Crippen molar-refractivity contribution in [1.82, 2.24) is 10.2 Å². The Bertz CT molecular complexity index is 423. The molecule has 3 unspecified atom stereocenters. The highest BCUT2D eigenvalue weighted by Crippen LogP contribution is 2.27. The van der Waals surface area contributed by atoms with Crippen molar-refractivity contribution in [3.05, 3.63) is 29.8 Å². The van der Waals surface area contributed by atoms with E-state index in [4.69, 9.17) is 4.74 Å². The van der Waals surface area contributed by atoms with Gasteiger partial charge in [0, 0.05) is 30.2 Å². The normalized spacial score (nSPS) is 25.1. The van der Waals surface area contributed by atoms with Crippen molar-refractivity contribution < 1.29 is 4.74 Å². The van der Waals surface area contributed by atoms with E-state index in [-0.39, 0.29) is 6.10 Å². The molecular weight excluding hydrogens is 248 g/mol. The van der Waals surface area contributed by atoms with Gasteiger partial charge >= 0.3 is 0 Å². The van der Waals surface area contributed by atoms with Gasteiger partial charge in [0.15, 0.2) is 0 Å². The number of likely N-dealkylation sites (N-methyl/N-ethyl adjacent to an activating group) is 1. The average molecular weight is 276 g/mol. The fourth-order valence-corrected chi connectivity index (χ4v) is 2.96. The van der Waals surface area contributed by atoms with Gasteiger partial charge in [-0.25, -0.2) is 0 Å². The zero-order chi connectivity index (χ0) is 14.7. The van der Waals surface area contributed by atoms with Crippen LogP contribution in [0.5, 0.6) is 5.75 Å². The van der Waals surface area contributed by atoms with Gasteiger partial charge in [0.1, 0.15) is 5.75 Å². The molecule has 3 atom stereocenters. The number of ether oxygens (including phenoxy) is 1. The summed E-state index contributed by atoms with van der Waals surface area (Å²) in [6.07, 6.45) is 1.43. The van der Waals surface area contributed by atoms with Crippen molar-refractivity contribution in [2.24, 2.45) is 0 Å². The summed E-state index contributed by atoms with van der Waals surface area (Å²) in [5.41, 5.74) is 1.25. The Balaban J connectivity index is 2.04. The number of benzene rings is 1. The molecule has 112 valence electrons. The lowest BCUT2D eigenvalue weighted by Crippen LogP contribution is -2.33. The Hall–Kier alpha value is -1.06. The van der Waals surface area contributed by atoms with E-state index in [2.05, 4.69) is 63.2 Å². The molecule has 1 heterocycles. The predicted octanol–water partition coefficient (Wildman–Crippen LogP) is 3.22. The summed E-state index contributed by atoms with van der Waals surface area (Å²) < 4.78 is 5.92. The predicted molar refractivity (Wildman–Crippen MR) is 84.3 cm³/mol. The topological polar surface area (TPSA) is 24.5 Å². The summed E-state index contributed by atoms with van der Waals surface area (Å²) in [6, 6.07) is 9.91. The van der Waals surface area contributed by atoms with Crippen LogP contribution in [0.2, 0.25) is 0 Å². The van der Waals surface area contributed by atoms with Crippen LogP contribution in [0.3, 0.4) is 0 Å². The van der Waals surface area contributed by atoms with Gasteiger partial charge in [-0.15, -0.1) is 0 Å². The fraction of sp³-hybridized carbons (Fsp3) is 0.647. The first-order valence-electron chi connectivity index (χ1n) is 7.69. The Morgan fingerprint density at radius 3 is 2.55 bits per heavy atom. The van der Waals surface area contributed by atoms with Crippen LogP contribution in [0.25, 0.3) is 0 Å². The number of para-hydroxylation sites is 1. The maximum atomic E-state index is 5.92. The SMILES string of the molecule is CC(C)Oc1ccccc1C(C)NC1CC(C)N(C)C1. The highest BCUT2D eigenvalue weighted by molar-refractivity contribution is 5.35. The molecule has 0 spiro atoms. The fourth-order valence-electron chi connectivity index (χ4n) is 2.96. The second kappa shape index (κ2) is 6.59. The molecule has 0 radical (unpaired) electrons. The van der Waals surface area contributed by atoms with Crippen molar-refractivity contribution in [2.45, 2.75) is 58.3 Å². The molecule has 3 heteroatoms. The highest BCUT2D eigenvalue weighted by atomic mass is 16.5. The van der Waals surface area contributed by atoms with E-state index in [9.17, 15) is 0 Å². The minimum Gasteiger partial charge on any atom is -0.491 e. The largest absolute Gasteiger partial charge is 0.491 e. The Morgan fingerprint density at radius 1 is 1.25 bits per heavy atom. The third-order valence-corrected chi connectivity index (χ3v) is 4.12. The molecular formula is C17H28N2O. The van der Waals surface area contributed by atoms with Gasteiger partial charge in [0.25, 0.3) is 0 Å². The van der Waals surface area contributed by atoms with E-state index >= 15 is 0 Å². The van der Waals surface area contributed by atoms with Crippen molar-refractivity contribution in [3.63, 3.8) is 0 Å². The zero-order valence-electron chi connectivity index (χ0n) is 13.4. The molecule has 0 aliphatic carbocycles. The van der Waals surface area contributed by atoms with Crippen LogP contribution in [-0.4, -0.2) is 36.7 Å². The van der Waals surface area contributed by atoms with Gasteiger partial charge in [-0.3, -0.25) is 0 Å². The number of likely N-dealkylation sites (tertiary alicyclic amines) is 1. The van der Waals surface area contributed by atoms with Crippen LogP contribution in [-0.2, 0) is 0 Å². The summed E-state index contributed by atoms with van der Waals surface area (Å²) >= 11 is 0. The van der Waals surface area contributed by atoms with E-state index in [1.54, 1.807) is 0 Å². The summed E-state index contributed by atoms with van der Waals surface area (Å²) in [6.45, 7) is 9.79. The second-order valence-corrected chi connectivity index (χ2v) is 6.31. The third-order valence-electron chi connectivity index (χ3n) is 4.12. The molecule has 1 saturated heterocycles. The van der Waals surface area contributed by atoms with Crippen molar-refractivity contribution in [3.8, 4) is 5.75 Å². The minimum atomic E-state index is 0.209. The Labute approximate surface area is 123 Å². The molecule has 1 aliphatic heterocycles. The quantitative estimate of drug-likeness (QED) is 0.893.